The summed E-state index contributed by atoms with van der Waals surface area (Å²) in [6.07, 6.45) is 0. The maximum atomic E-state index is 12.5. The molecule has 3 heterocycles. The van der Waals surface area contributed by atoms with Gasteiger partial charge in [0, 0.05) is 22.3 Å². The molecule has 4 aromatic rings. The number of carbonyl (C=O) groups excluding carboxylic acids is 1. The molecule has 3 aromatic heterocycles. The number of aromatic nitrogens is 5. The van der Waals surface area contributed by atoms with Gasteiger partial charge in [0.1, 0.15) is 0 Å². The van der Waals surface area contributed by atoms with E-state index in [0.29, 0.717) is 10.9 Å². The molecule has 1 aromatic carbocycles. The van der Waals surface area contributed by atoms with E-state index < -0.39 is 5.91 Å². The summed E-state index contributed by atoms with van der Waals surface area (Å²) in [5.74, 6) is 0.0720. The van der Waals surface area contributed by atoms with E-state index >= 15 is 0 Å². The highest BCUT2D eigenvalue weighted by molar-refractivity contribution is 7.14. The molecular formula is C18H16N6OS. The molecule has 8 heteroatoms. The molecule has 1 N–H and O–H groups in total. The molecule has 0 radical (unpaired) electrons. The number of anilines is 1. The van der Waals surface area contributed by atoms with Gasteiger partial charge in [-0.15, -0.1) is 16.4 Å². The molecule has 0 saturated heterocycles. The number of amides is 1. The standard InChI is InChI=1S/C18H16N6OS/c1-10-4-6-13(7-5-10)14-9-26-18(20-14)22-16(25)15-21-17-19-11(2)8-12(3)24(17)23-15/h4-9H,1-3H3,(H,20,22,25). The van der Waals surface area contributed by atoms with Gasteiger partial charge < -0.3 is 0 Å². The number of hydrogen-bond acceptors (Lipinski definition) is 6. The Kier molecular flexibility index (Phi) is 3.96. The maximum Gasteiger partial charge on any atom is 0.297 e. The van der Waals surface area contributed by atoms with Crippen LogP contribution in [-0.4, -0.2) is 30.5 Å². The minimum absolute atomic E-state index is 0.0679. The molecule has 0 aliphatic carbocycles. The first-order valence-corrected chi connectivity index (χ1v) is 8.92. The fourth-order valence-electron chi connectivity index (χ4n) is 2.60. The normalized spacial score (nSPS) is 11.0. The molecule has 0 atom stereocenters. The molecule has 26 heavy (non-hydrogen) atoms. The third-order valence-corrected chi connectivity index (χ3v) is 4.65. The molecule has 0 unspecified atom stereocenters. The number of benzene rings is 1. The zero-order valence-electron chi connectivity index (χ0n) is 14.5. The Balaban J connectivity index is 1.57. The monoisotopic (exact) mass is 364 g/mol. The Morgan fingerprint density at radius 3 is 2.62 bits per heavy atom. The van der Waals surface area contributed by atoms with Gasteiger partial charge in [-0.3, -0.25) is 10.1 Å². The summed E-state index contributed by atoms with van der Waals surface area (Å²) < 4.78 is 1.56. The fourth-order valence-corrected chi connectivity index (χ4v) is 3.32. The number of aryl methyl sites for hydroxylation is 3. The molecule has 0 saturated carbocycles. The van der Waals surface area contributed by atoms with E-state index in [9.17, 15) is 4.79 Å². The molecule has 0 bridgehead atoms. The van der Waals surface area contributed by atoms with Gasteiger partial charge in [0.05, 0.1) is 5.69 Å². The van der Waals surface area contributed by atoms with Gasteiger partial charge in [0.2, 0.25) is 5.82 Å². The van der Waals surface area contributed by atoms with E-state index in [1.807, 2.05) is 56.5 Å². The van der Waals surface area contributed by atoms with Crippen LogP contribution in [0.25, 0.3) is 17.0 Å². The lowest BCUT2D eigenvalue weighted by molar-refractivity contribution is 0.101. The lowest BCUT2D eigenvalue weighted by Gasteiger charge is -1.98. The molecule has 4 rings (SSSR count). The second kappa shape index (κ2) is 6.30. The topological polar surface area (TPSA) is 85.1 Å². The van der Waals surface area contributed by atoms with Crippen molar-refractivity contribution in [3.63, 3.8) is 0 Å². The van der Waals surface area contributed by atoms with Gasteiger partial charge in [-0.05, 0) is 26.8 Å². The predicted octanol–water partition coefficient (Wildman–Crippen LogP) is 3.43. The molecule has 0 aliphatic rings. The van der Waals surface area contributed by atoms with Crippen molar-refractivity contribution in [2.45, 2.75) is 20.8 Å². The highest BCUT2D eigenvalue weighted by atomic mass is 32.1. The third kappa shape index (κ3) is 3.06. The quantitative estimate of drug-likeness (QED) is 0.602. The summed E-state index contributed by atoms with van der Waals surface area (Å²) in [6.45, 7) is 5.81. The number of nitrogens with one attached hydrogen (secondary N) is 1. The number of nitrogens with zero attached hydrogens (tertiary/aromatic N) is 5. The number of rotatable bonds is 3. The van der Waals surface area contributed by atoms with Crippen molar-refractivity contribution < 1.29 is 4.79 Å². The van der Waals surface area contributed by atoms with Crippen molar-refractivity contribution >= 4 is 28.2 Å². The van der Waals surface area contributed by atoms with Crippen molar-refractivity contribution in [2.24, 2.45) is 0 Å². The largest absolute Gasteiger partial charge is 0.297 e. The summed E-state index contributed by atoms with van der Waals surface area (Å²) in [4.78, 5) is 25.4. The van der Waals surface area contributed by atoms with Gasteiger partial charge in [0.15, 0.2) is 5.13 Å². The number of hydrogen-bond donors (Lipinski definition) is 1. The van der Waals surface area contributed by atoms with E-state index in [1.54, 1.807) is 4.52 Å². The first-order chi connectivity index (χ1) is 12.5. The number of carbonyl (C=O) groups is 1. The summed E-state index contributed by atoms with van der Waals surface area (Å²) in [5, 5.41) is 9.40. The van der Waals surface area contributed by atoms with E-state index in [1.165, 1.54) is 16.9 Å². The minimum atomic E-state index is -0.405. The summed E-state index contributed by atoms with van der Waals surface area (Å²) in [7, 11) is 0. The SMILES string of the molecule is Cc1ccc(-c2csc(NC(=O)c3nc4nc(C)cc(C)n4n3)n2)cc1. The molecule has 0 fully saturated rings. The zero-order chi connectivity index (χ0) is 18.3. The average Bonchev–Trinajstić information content (AvgIpc) is 3.22. The van der Waals surface area contributed by atoms with Crippen molar-refractivity contribution in [1.82, 2.24) is 24.6 Å². The van der Waals surface area contributed by atoms with Crippen LogP contribution in [0.15, 0.2) is 35.7 Å². The molecule has 0 spiro atoms. The Hall–Kier alpha value is -3.13. The first-order valence-electron chi connectivity index (χ1n) is 8.04. The molecule has 0 aliphatic heterocycles. The lowest BCUT2D eigenvalue weighted by Crippen LogP contribution is -2.13. The molecule has 130 valence electrons. The zero-order valence-corrected chi connectivity index (χ0v) is 15.3. The van der Waals surface area contributed by atoms with Crippen LogP contribution in [-0.2, 0) is 0 Å². The highest BCUT2D eigenvalue weighted by Crippen LogP contribution is 2.25. The Morgan fingerprint density at radius 1 is 1.08 bits per heavy atom. The van der Waals surface area contributed by atoms with Crippen molar-refractivity contribution in [3.8, 4) is 11.3 Å². The molecule has 7 nitrogen and oxygen atoms in total. The van der Waals surface area contributed by atoms with Crippen molar-refractivity contribution in [1.29, 1.82) is 0 Å². The lowest BCUT2D eigenvalue weighted by atomic mass is 10.1. The van der Waals surface area contributed by atoms with Gasteiger partial charge >= 0.3 is 0 Å². The molecular weight excluding hydrogens is 348 g/mol. The third-order valence-electron chi connectivity index (χ3n) is 3.89. The van der Waals surface area contributed by atoms with Crippen LogP contribution in [0.2, 0.25) is 0 Å². The number of fused-ring (bicyclic) bond motifs is 1. The highest BCUT2D eigenvalue weighted by Gasteiger charge is 2.16. The Labute approximate surface area is 153 Å². The summed E-state index contributed by atoms with van der Waals surface area (Å²) in [6, 6.07) is 9.97. The van der Waals surface area contributed by atoms with E-state index in [-0.39, 0.29) is 5.82 Å². The van der Waals surface area contributed by atoms with Crippen LogP contribution in [0.1, 0.15) is 27.6 Å². The van der Waals surface area contributed by atoms with Gasteiger partial charge in [0.25, 0.3) is 11.7 Å². The minimum Gasteiger partial charge on any atom is -0.295 e. The van der Waals surface area contributed by atoms with Crippen LogP contribution >= 0.6 is 11.3 Å². The van der Waals surface area contributed by atoms with Crippen LogP contribution in [0.3, 0.4) is 0 Å². The van der Waals surface area contributed by atoms with Gasteiger partial charge in [-0.2, -0.15) is 4.98 Å². The number of thiazole rings is 1. The van der Waals surface area contributed by atoms with Gasteiger partial charge in [-0.1, -0.05) is 29.8 Å². The summed E-state index contributed by atoms with van der Waals surface area (Å²) in [5.41, 5.74) is 4.72. The van der Waals surface area contributed by atoms with Crippen LogP contribution < -0.4 is 5.32 Å². The predicted molar refractivity (Wildman–Crippen MR) is 100 cm³/mol. The second-order valence-electron chi connectivity index (χ2n) is 6.04. The summed E-state index contributed by atoms with van der Waals surface area (Å²) >= 11 is 1.36. The Morgan fingerprint density at radius 2 is 1.85 bits per heavy atom. The molecule has 1 amide bonds. The van der Waals surface area contributed by atoms with E-state index in [2.05, 4.69) is 25.4 Å². The average molecular weight is 364 g/mol. The van der Waals surface area contributed by atoms with Crippen LogP contribution in [0.5, 0.6) is 0 Å². The second-order valence-corrected chi connectivity index (χ2v) is 6.90. The van der Waals surface area contributed by atoms with Crippen molar-refractivity contribution in [3.05, 3.63) is 58.5 Å². The smallest absolute Gasteiger partial charge is 0.295 e. The Bertz CT molecular complexity index is 1110. The maximum absolute atomic E-state index is 12.5. The van der Waals surface area contributed by atoms with Crippen molar-refractivity contribution in [2.75, 3.05) is 5.32 Å². The van der Waals surface area contributed by atoms with Gasteiger partial charge in [-0.25, -0.2) is 14.5 Å². The fraction of sp³-hybridized carbons (Fsp3) is 0.167. The van der Waals surface area contributed by atoms with Crippen LogP contribution in [0, 0.1) is 20.8 Å². The van der Waals surface area contributed by atoms with E-state index in [4.69, 9.17) is 0 Å². The first kappa shape index (κ1) is 16.3. The van der Waals surface area contributed by atoms with E-state index in [0.717, 1.165) is 22.6 Å². The van der Waals surface area contributed by atoms with Crippen LogP contribution in [0.4, 0.5) is 5.13 Å².